The molecule has 2 heterocycles. The SMILES string of the molecule is COc1cc(C2c3c(-c4cc(C)cc(C)c4O)n[nH]c3C(=O)N2CCCO)ccc1OCCC(C)C. The third-order valence-electron chi connectivity index (χ3n) is 6.58. The maximum absolute atomic E-state index is 13.4. The predicted octanol–water partition coefficient (Wildman–Crippen LogP) is 4.76. The zero-order valence-corrected chi connectivity index (χ0v) is 21.6. The minimum Gasteiger partial charge on any atom is -0.507 e. The van der Waals surface area contributed by atoms with Gasteiger partial charge in [-0.1, -0.05) is 26.0 Å². The number of H-pyrrole nitrogens is 1. The smallest absolute Gasteiger partial charge is 0.273 e. The topological polar surface area (TPSA) is 108 Å². The number of hydrogen-bond acceptors (Lipinski definition) is 6. The average Bonchev–Trinajstić information content (AvgIpc) is 3.38. The Morgan fingerprint density at radius 3 is 2.64 bits per heavy atom. The minimum absolute atomic E-state index is 0.0284. The summed E-state index contributed by atoms with van der Waals surface area (Å²) in [6.07, 6.45) is 1.37. The summed E-state index contributed by atoms with van der Waals surface area (Å²) in [6, 6.07) is 9.02. The van der Waals surface area contributed by atoms with Crippen LogP contribution in [0.1, 0.15) is 65.5 Å². The number of carbonyl (C=O) groups is 1. The van der Waals surface area contributed by atoms with Gasteiger partial charge in [0, 0.05) is 24.3 Å². The van der Waals surface area contributed by atoms with Crippen LogP contribution in [-0.2, 0) is 0 Å². The zero-order valence-electron chi connectivity index (χ0n) is 21.6. The average molecular weight is 494 g/mol. The van der Waals surface area contributed by atoms with Crippen LogP contribution in [0.15, 0.2) is 30.3 Å². The van der Waals surface area contributed by atoms with Gasteiger partial charge in [0.05, 0.1) is 19.8 Å². The summed E-state index contributed by atoms with van der Waals surface area (Å²) in [5.41, 5.74) is 4.77. The second-order valence-corrected chi connectivity index (χ2v) is 9.76. The van der Waals surface area contributed by atoms with Gasteiger partial charge in [0.15, 0.2) is 11.5 Å². The number of ether oxygens (including phenoxy) is 2. The molecule has 1 aliphatic rings. The van der Waals surface area contributed by atoms with E-state index in [0.717, 1.165) is 23.1 Å². The van der Waals surface area contributed by atoms with Crippen molar-refractivity contribution < 1.29 is 24.5 Å². The second-order valence-electron chi connectivity index (χ2n) is 9.76. The number of nitrogens with one attached hydrogen (secondary N) is 1. The number of aryl methyl sites for hydroxylation is 2. The van der Waals surface area contributed by atoms with Gasteiger partial charge in [0.25, 0.3) is 5.91 Å². The monoisotopic (exact) mass is 493 g/mol. The number of aliphatic hydroxyl groups excluding tert-OH is 1. The van der Waals surface area contributed by atoms with Crippen molar-refractivity contribution in [3.05, 3.63) is 58.3 Å². The maximum atomic E-state index is 13.4. The number of benzene rings is 2. The summed E-state index contributed by atoms with van der Waals surface area (Å²) in [4.78, 5) is 15.2. The Kier molecular flexibility index (Phi) is 7.54. The van der Waals surface area contributed by atoms with Gasteiger partial charge in [0.1, 0.15) is 17.1 Å². The molecule has 1 atom stereocenters. The van der Waals surface area contributed by atoms with E-state index in [1.165, 1.54) is 0 Å². The first-order valence-corrected chi connectivity index (χ1v) is 12.4. The van der Waals surface area contributed by atoms with Crippen LogP contribution in [0.25, 0.3) is 11.3 Å². The molecule has 1 aliphatic heterocycles. The van der Waals surface area contributed by atoms with E-state index in [1.54, 1.807) is 12.0 Å². The van der Waals surface area contributed by atoms with Crippen molar-refractivity contribution >= 4 is 5.91 Å². The standard InChI is InChI=1S/C28H35N3O5/c1-16(2)9-12-36-21-8-7-19(15-22(21)35-5)26-23-24(20-14-17(3)13-18(4)27(20)33)29-30-25(23)28(34)31(26)10-6-11-32/h7-8,13-16,26,32-33H,6,9-12H2,1-5H3,(H,29,30). The van der Waals surface area contributed by atoms with Crippen molar-refractivity contribution in [2.24, 2.45) is 5.92 Å². The normalized spacial score (nSPS) is 15.0. The van der Waals surface area contributed by atoms with E-state index >= 15 is 0 Å². The number of phenols is 1. The van der Waals surface area contributed by atoms with Gasteiger partial charge >= 0.3 is 0 Å². The minimum atomic E-state index is -0.466. The first-order chi connectivity index (χ1) is 17.3. The van der Waals surface area contributed by atoms with Gasteiger partial charge in [-0.25, -0.2) is 0 Å². The Hall–Kier alpha value is -3.52. The fourth-order valence-corrected chi connectivity index (χ4v) is 4.74. The lowest BCUT2D eigenvalue weighted by atomic mass is 9.94. The number of aromatic nitrogens is 2. The first-order valence-electron chi connectivity index (χ1n) is 12.4. The summed E-state index contributed by atoms with van der Waals surface area (Å²) >= 11 is 0. The maximum Gasteiger partial charge on any atom is 0.273 e. The molecule has 3 N–H and O–H groups in total. The van der Waals surface area contributed by atoms with Crippen LogP contribution in [0.3, 0.4) is 0 Å². The Morgan fingerprint density at radius 1 is 1.17 bits per heavy atom. The summed E-state index contributed by atoms with van der Waals surface area (Å²) in [5, 5.41) is 27.7. The van der Waals surface area contributed by atoms with E-state index in [9.17, 15) is 15.0 Å². The molecule has 8 nitrogen and oxygen atoms in total. The summed E-state index contributed by atoms with van der Waals surface area (Å²) in [6.45, 7) is 9.03. The number of amides is 1. The molecular weight excluding hydrogens is 458 g/mol. The van der Waals surface area contributed by atoms with Crippen LogP contribution in [0, 0.1) is 19.8 Å². The Bertz CT molecular complexity index is 1250. The Morgan fingerprint density at radius 2 is 1.94 bits per heavy atom. The number of aliphatic hydroxyl groups is 1. The van der Waals surface area contributed by atoms with E-state index in [1.807, 2.05) is 44.2 Å². The molecule has 1 aromatic heterocycles. The Balaban J connectivity index is 1.81. The molecule has 0 bridgehead atoms. The number of nitrogens with zero attached hydrogens (tertiary/aromatic N) is 2. The van der Waals surface area contributed by atoms with Crippen molar-refractivity contribution in [1.82, 2.24) is 15.1 Å². The zero-order chi connectivity index (χ0) is 26.0. The molecule has 0 radical (unpaired) electrons. The largest absolute Gasteiger partial charge is 0.507 e. The van der Waals surface area contributed by atoms with Crippen LogP contribution in [-0.4, -0.2) is 58.1 Å². The molecule has 36 heavy (non-hydrogen) atoms. The van der Waals surface area contributed by atoms with Crippen LogP contribution >= 0.6 is 0 Å². The number of aromatic hydroxyl groups is 1. The van der Waals surface area contributed by atoms with Crippen LogP contribution in [0.5, 0.6) is 17.2 Å². The van der Waals surface area contributed by atoms with Gasteiger partial charge < -0.3 is 24.6 Å². The van der Waals surface area contributed by atoms with Gasteiger partial charge in [-0.05, 0) is 67.5 Å². The van der Waals surface area contributed by atoms with E-state index in [4.69, 9.17) is 9.47 Å². The van der Waals surface area contributed by atoms with E-state index in [-0.39, 0.29) is 18.3 Å². The first kappa shape index (κ1) is 25.6. The fourth-order valence-electron chi connectivity index (χ4n) is 4.74. The van der Waals surface area contributed by atoms with E-state index in [0.29, 0.717) is 59.5 Å². The number of hydrogen-bond donors (Lipinski definition) is 3. The molecule has 8 heteroatoms. The molecule has 2 aromatic carbocycles. The van der Waals surface area contributed by atoms with Crippen molar-refractivity contribution in [1.29, 1.82) is 0 Å². The van der Waals surface area contributed by atoms with Gasteiger partial charge in [-0.3, -0.25) is 9.89 Å². The molecule has 0 saturated carbocycles. The molecule has 0 saturated heterocycles. The number of aromatic amines is 1. The number of phenolic OH excluding ortho intramolecular Hbond substituents is 1. The van der Waals surface area contributed by atoms with Crippen LogP contribution in [0.2, 0.25) is 0 Å². The highest BCUT2D eigenvalue weighted by molar-refractivity contribution is 6.00. The second kappa shape index (κ2) is 10.6. The molecule has 192 valence electrons. The van der Waals surface area contributed by atoms with Crippen molar-refractivity contribution in [3.63, 3.8) is 0 Å². The highest BCUT2D eigenvalue weighted by atomic mass is 16.5. The van der Waals surface area contributed by atoms with Crippen LogP contribution in [0.4, 0.5) is 0 Å². The lowest BCUT2D eigenvalue weighted by molar-refractivity contribution is 0.0732. The number of methoxy groups -OCH3 is 1. The van der Waals surface area contributed by atoms with Crippen molar-refractivity contribution in [2.45, 2.75) is 46.6 Å². The van der Waals surface area contributed by atoms with Gasteiger partial charge in [0.2, 0.25) is 0 Å². The molecule has 0 spiro atoms. The quantitative estimate of drug-likeness (QED) is 0.376. The van der Waals surface area contributed by atoms with E-state index < -0.39 is 6.04 Å². The highest BCUT2D eigenvalue weighted by Crippen LogP contribution is 2.46. The molecule has 4 rings (SSSR count). The fraction of sp³-hybridized carbons (Fsp3) is 0.429. The third-order valence-corrected chi connectivity index (χ3v) is 6.58. The van der Waals surface area contributed by atoms with Gasteiger partial charge in [-0.2, -0.15) is 5.10 Å². The third kappa shape index (κ3) is 4.78. The summed E-state index contributed by atoms with van der Waals surface area (Å²) in [5.74, 6) is 1.70. The van der Waals surface area contributed by atoms with Crippen molar-refractivity contribution in [2.75, 3.05) is 26.9 Å². The summed E-state index contributed by atoms with van der Waals surface area (Å²) < 4.78 is 11.6. The number of rotatable bonds is 10. The molecule has 0 fully saturated rings. The summed E-state index contributed by atoms with van der Waals surface area (Å²) in [7, 11) is 1.60. The van der Waals surface area contributed by atoms with Crippen molar-refractivity contribution in [3.8, 4) is 28.5 Å². The number of carbonyl (C=O) groups excluding carboxylic acids is 1. The van der Waals surface area contributed by atoms with Gasteiger partial charge in [-0.15, -0.1) is 0 Å². The van der Waals surface area contributed by atoms with Crippen LogP contribution < -0.4 is 9.47 Å². The lowest BCUT2D eigenvalue weighted by Gasteiger charge is -2.27. The number of fused-ring (bicyclic) bond motifs is 1. The lowest BCUT2D eigenvalue weighted by Crippen LogP contribution is -2.31. The molecular formula is C28H35N3O5. The van der Waals surface area contributed by atoms with E-state index in [2.05, 4.69) is 24.0 Å². The Labute approximate surface area is 211 Å². The molecule has 0 aliphatic carbocycles. The molecule has 1 unspecified atom stereocenters. The predicted molar refractivity (Wildman–Crippen MR) is 138 cm³/mol. The molecule has 1 amide bonds. The highest BCUT2D eigenvalue weighted by Gasteiger charge is 2.42. The molecule has 3 aromatic rings.